The van der Waals surface area contributed by atoms with Gasteiger partial charge in [-0.25, -0.2) is 4.39 Å². The van der Waals surface area contributed by atoms with Crippen LogP contribution in [0.25, 0.3) is 0 Å². The van der Waals surface area contributed by atoms with Crippen molar-refractivity contribution in [1.82, 2.24) is 5.32 Å². The minimum atomic E-state index is -0.308. The number of halogens is 1. The molecular weight excluding hydrogens is 245 g/mol. The van der Waals surface area contributed by atoms with E-state index in [0.29, 0.717) is 6.04 Å². The van der Waals surface area contributed by atoms with Gasteiger partial charge in [0.25, 0.3) is 0 Å². The van der Waals surface area contributed by atoms with E-state index in [2.05, 4.69) is 12.2 Å². The minimum absolute atomic E-state index is 0.288. The molecule has 1 N–H and O–H groups in total. The molecule has 0 aromatic heterocycles. The number of ether oxygens (including phenoxy) is 2. The van der Waals surface area contributed by atoms with Crippen molar-refractivity contribution in [2.24, 2.45) is 0 Å². The Balaban J connectivity index is 2.48. The molecule has 3 nitrogen and oxygen atoms in total. The van der Waals surface area contributed by atoms with Crippen molar-refractivity contribution in [3.8, 4) is 5.75 Å². The number of rotatable bonds is 9. The number of methoxy groups -OCH3 is 1. The molecule has 1 aromatic carbocycles. The minimum Gasteiger partial charge on any atom is -0.494 e. The van der Waals surface area contributed by atoms with E-state index in [1.165, 1.54) is 13.2 Å². The molecule has 0 bridgehead atoms. The molecule has 0 radical (unpaired) electrons. The van der Waals surface area contributed by atoms with Crippen molar-refractivity contribution in [3.05, 3.63) is 29.6 Å². The Hall–Kier alpha value is -1.13. The molecule has 1 unspecified atom stereocenters. The first-order valence-electron chi connectivity index (χ1n) is 6.78. The standard InChI is InChI=1S/C15H24FNO2/c1-4-8-19-9-7-13(17-2)10-12-5-6-15(18-3)14(16)11-12/h5-6,11,13,17H,4,7-10H2,1-3H3. The maximum Gasteiger partial charge on any atom is 0.165 e. The van der Waals surface area contributed by atoms with Gasteiger partial charge in [0.2, 0.25) is 0 Å². The first kappa shape index (κ1) is 15.9. The van der Waals surface area contributed by atoms with Gasteiger partial charge in [0.1, 0.15) is 0 Å². The highest BCUT2D eigenvalue weighted by atomic mass is 19.1. The van der Waals surface area contributed by atoms with Crippen LogP contribution in [0.1, 0.15) is 25.3 Å². The second-order valence-corrected chi connectivity index (χ2v) is 4.56. The molecule has 1 atom stereocenters. The predicted molar refractivity (Wildman–Crippen MR) is 75.2 cm³/mol. The molecule has 108 valence electrons. The van der Waals surface area contributed by atoms with Crippen LogP contribution in [0.3, 0.4) is 0 Å². The highest BCUT2D eigenvalue weighted by Crippen LogP contribution is 2.18. The average Bonchev–Trinajstić information content (AvgIpc) is 2.42. The third-order valence-electron chi connectivity index (χ3n) is 3.07. The van der Waals surface area contributed by atoms with Gasteiger partial charge in [-0.3, -0.25) is 0 Å². The Bertz CT molecular complexity index is 371. The normalized spacial score (nSPS) is 12.4. The summed E-state index contributed by atoms with van der Waals surface area (Å²) in [5, 5.41) is 3.24. The van der Waals surface area contributed by atoms with Gasteiger partial charge in [-0.2, -0.15) is 0 Å². The SMILES string of the molecule is CCCOCCC(Cc1ccc(OC)c(F)c1)NC. The molecule has 1 aromatic rings. The number of hydrogen-bond acceptors (Lipinski definition) is 3. The van der Waals surface area contributed by atoms with Crippen LogP contribution in [0.4, 0.5) is 4.39 Å². The molecule has 0 fully saturated rings. The van der Waals surface area contributed by atoms with Gasteiger partial charge in [0.05, 0.1) is 7.11 Å². The zero-order valence-electron chi connectivity index (χ0n) is 12.0. The Morgan fingerprint density at radius 3 is 2.68 bits per heavy atom. The molecule has 0 saturated carbocycles. The van der Waals surface area contributed by atoms with Crippen molar-refractivity contribution in [1.29, 1.82) is 0 Å². The van der Waals surface area contributed by atoms with Crippen molar-refractivity contribution in [2.45, 2.75) is 32.2 Å². The van der Waals surface area contributed by atoms with Crippen LogP contribution >= 0.6 is 0 Å². The number of nitrogens with one attached hydrogen (secondary N) is 1. The van der Waals surface area contributed by atoms with Gasteiger partial charge in [-0.05, 0) is 44.0 Å². The molecule has 19 heavy (non-hydrogen) atoms. The largest absolute Gasteiger partial charge is 0.494 e. The lowest BCUT2D eigenvalue weighted by molar-refractivity contribution is 0.125. The molecule has 0 amide bonds. The van der Waals surface area contributed by atoms with Crippen LogP contribution in [0.15, 0.2) is 18.2 Å². The van der Waals surface area contributed by atoms with Gasteiger partial charge in [-0.1, -0.05) is 13.0 Å². The van der Waals surface area contributed by atoms with E-state index >= 15 is 0 Å². The number of likely N-dealkylation sites (N-methyl/N-ethyl adjacent to an activating group) is 1. The van der Waals surface area contributed by atoms with Gasteiger partial charge in [-0.15, -0.1) is 0 Å². The van der Waals surface area contributed by atoms with Crippen LogP contribution in [-0.4, -0.2) is 33.4 Å². The lowest BCUT2D eigenvalue weighted by Gasteiger charge is -2.16. The molecule has 0 saturated heterocycles. The van der Waals surface area contributed by atoms with Gasteiger partial charge >= 0.3 is 0 Å². The molecule has 0 aliphatic heterocycles. The summed E-state index contributed by atoms with van der Waals surface area (Å²) in [4.78, 5) is 0. The predicted octanol–water partition coefficient (Wildman–Crippen LogP) is 2.78. The van der Waals surface area contributed by atoms with Gasteiger partial charge in [0.15, 0.2) is 11.6 Å². The maximum absolute atomic E-state index is 13.6. The quantitative estimate of drug-likeness (QED) is 0.699. The smallest absolute Gasteiger partial charge is 0.165 e. The summed E-state index contributed by atoms with van der Waals surface area (Å²) >= 11 is 0. The topological polar surface area (TPSA) is 30.5 Å². The molecule has 1 rings (SSSR count). The van der Waals surface area contributed by atoms with Crippen LogP contribution in [0.2, 0.25) is 0 Å². The Kier molecular flexibility index (Phi) is 7.45. The van der Waals surface area contributed by atoms with E-state index in [1.807, 2.05) is 13.1 Å². The summed E-state index contributed by atoms with van der Waals surface area (Å²) in [6, 6.07) is 5.41. The summed E-state index contributed by atoms with van der Waals surface area (Å²) in [7, 11) is 3.39. The Labute approximate surface area is 115 Å². The van der Waals surface area contributed by atoms with Crippen molar-refractivity contribution in [3.63, 3.8) is 0 Å². The van der Waals surface area contributed by atoms with Gasteiger partial charge < -0.3 is 14.8 Å². The van der Waals surface area contributed by atoms with Crippen molar-refractivity contribution < 1.29 is 13.9 Å². The summed E-state index contributed by atoms with van der Waals surface area (Å²) in [5.74, 6) is -0.0203. The van der Waals surface area contributed by atoms with E-state index in [0.717, 1.165) is 38.0 Å². The van der Waals surface area contributed by atoms with Crippen molar-refractivity contribution >= 4 is 0 Å². The van der Waals surface area contributed by atoms with Crippen molar-refractivity contribution in [2.75, 3.05) is 27.4 Å². The lowest BCUT2D eigenvalue weighted by Crippen LogP contribution is -2.29. The lowest BCUT2D eigenvalue weighted by atomic mass is 10.0. The zero-order chi connectivity index (χ0) is 14.1. The average molecular weight is 269 g/mol. The molecular formula is C15H24FNO2. The monoisotopic (exact) mass is 269 g/mol. The van der Waals surface area contributed by atoms with Crippen LogP contribution < -0.4 is 10.1 Å². The third-order valence-corrected chi connectivity index (χ3v) is 3.07. The first-order chi connectivity index (χ1) is 9.21. The first-order valence-corrected chi connectivity index (χ1v) is 6.78. The molecule has 0 aliphatic rings. The number of hydrogen-bond donors (Lipinski definition) is 1. The highest BCUT2D eigenvalue weighted by Gasteiger charge is 2.09. The molecule has 0 spiro atoms. The molecule has 0 aliphatic carbocycles. The third kappa shape index (κ3) is 5.57. The summed E-state index contributed by atoms with van der Waals surface area (Å²) < 4.78 is 24.0. The zero-order valence-corrected chi connectivity index (χ0v) is 12.0. The van der Waals surface area contributed by atoms with E-state index < -0.39 is 0 Å². The molecule has 0 heterocycles. The van der Waals surface area contributed by atoms with E-state index in [9.17, 15) is 4.39 Å². The number of benzene rings is 1. The van der Waals surface area contributed by atoms with Crippen LogP contribution in [0.5, 0.6) is 5.75 Å². The van der Waals surface area contributed by atoms with E-state index in [-0.39, 0.29) is 11.6 Å². The highest BCUT2D eigenvalue weighted by molar-refractivity contribution is 5.29. The Morgan fingerprint density at radius 2 is 2.11 bits per heavy atom. The second-order valence-electron chi connectivity index (χ2n) is 4.56. The maximum atomic E-state index is 13.6. The second kappa shape index (κ2) is 8.88. The van der Waals surface area contributed by atoms with E-state index in [4.69, 9.17) is 9.47 Å². The summed E-state index contributed by atoms with van der Waals surface area (Å²) in [6.45, 7) is 3.63. The Morgan fingerprint density at radius 1 is 1.32 bits per heavy atom. The fourth-order valence-corrected chi connectivity index (χ4v) is 1.94. The summed E-state index contributed by atoms with van der Waals surface area (Å²) in [6.07, 6.45) is 2.74. The fourth-order valence-electron chi connectivity index (χ4n) is 1.94. The fraction of sp³-hybridized carbons (Fsp3) is 0.600. The molecule has 4 heteroatoms. The van der Waals surface area contributed by atoms with Crippen LogP contribution in [0, 0.1) is 5.82 Å². The summed E-state index contributed by atoms with van der Waals surface area (Å²) in [5.41, 5.74) is 0.966. The van der Waals surface area contributed by atoms with Gasteiger partial charge in [0, 0.05) is 19.3 Å². The van der Waals surface area contributed by atoms with E-state index in [1.54, 1.807) is 6.07 Å². The van der Waals surface area contributed by atoms with Crippen LogP contribution in [-0.2, 0) is 11.2 Å².